The van der Waals surface area contributed by atoms with Gasteiger partial charge in [-0.05, 0) is 12.1 Å². The summed E-state index contributed by atoms with van der Waals surface area (Å²) in [6.07, 6.45) is 0. The molecule has 0 N–H and O–H groups in total. The fourth-order valence-electron chi connectivity index (χ4n) is 2.35. The lowest BCUT2D eigenvalue weighted by Crippen LogP contribution is -2.18. The predicted molar refractivity (Wildman–Crippen MR) is 66.7 cm³/mol. The molecule has 4 heteroatoms. The zero-order valence-electron chi connectivity index (χ0n) is 9.58. The molecule has 0 aromatic heterocycles. The summed E-state index contributed by atoms with van der Waals surface area (Å²) in [6, 6.07) is 15.0. The summed E-state index contributed by atoms with van der Waals surface area (Å²) in [4.78, 5) is 10.6. The average Bonchev–Trinajstić information content (AvgIpc) is 2.38. The van der Waals surface area contributed by atoms with Gasteiger partial charge >= 0.3 is 0 Å². The molecule has 0 unspecified atom stereocenters. The highest BCUT2D eigenvalue weighted by atomic mass is 16.6. The van der Waals surface area contributed by atoms with Gasteiger partial charge < -0.3 is 4.74 Å². The third kappa shape index (κ3) is 1.72. The third-order valence-corrected chi connectivity index (χ3v) is 3.14. The topological polar surface area (TPSA) is 52.4 Å². The number of benzene rings is 2. The lowest BCUT2D eigenvalue weighted by molar-refractivity contribution is -0.482. The van der Waals surface area contributed by atoms with Gasteiger partial charge in [-0.3, -0.25) is 10.1 Å². The molecule has 0 saturated carbocycles. The van der Waals surface area contributed by atoms with Crippen LogP contribution in [0.5, 0.6) is 11.5 Å². The van der Waals surface area contributed by atoms with Crippen molar-refractivity contribution < 1.29 is 9.66 Å². The first-order valence-electron chi connectivity index (χ1n) is 5.73. The lowest BCUT2D eigenvalue weighted by Gasteiger charge is -2.25. The van der Waals surface area contributed by atoms with Crippen LogP contribution in [0.25, 0.3) is 0 Å². The molecule has 3 rings (SSSR count). The number of ether oxygens (including phenoxy) is 1. The highest BCUT2D eigenvalue weighted by Gasteiger charge is 2.30. The summed E-state index contributed by atoms with van der Waals surface area (Å²) in [6.45, 7) is -0.114. The summed E-state index contributed by atoms with van der Waals surface area (Å²) < 4.78 is 5.77. The maximum Gasteiger partial charge on any atom is 0.214 e. The highest BCUT2D eigenvalue weighted by Crippen LogP contribution is 2.43. The number of nitro groups is 1. The second-order valence-corrected chi connectivity index (χ2v) is 4.25. The Labute approximate surface area is 104 Å². The molecular formula is C14H11NO3. The van der Waals surface area contributed by atoms with Crippen molar-refractivity contribution in [2.75, 3.05) is 6.54 Å². The Bertz CT molecular complexity index is 564. The van der Waals surface area contributed by atoms with Gasteiger partial charge in [-0.2, -0.15) is 0 Å². The SMILES string of the molecule is O=[N+]([O-])CC1c2ccccc2Oc2ccccc21. The van der Waals surface area contributed by atoms with E-state index in [1.54, 1.807) is 0 Å². The minimum absolute atomic E-state index is 0.114. The van der Waals surface area contributed by atoms with Crippen molar-refractivity contribution in [3.8, 4) is 11.5 Å². The normalized spacial score (nSPS) is 13.3. The van der Waals surface area contributed by atoms with Crippen molar-refractivity contribution in [2.24, 2.45) is 0 Å². The Hall–Kier alpha value is -2.36. The maximum atomic E-state index is 10.9. The van der Waals surface area contributed by atoms with Crippen LogP contribution in [0.1, 0.15) is 17.0 Å². The van der Waals surface area contributed by atoms with Crippen LogP contribution in [-0.4, -0.2) is 11.5 Å². The Balaban J connectivity index is 2.14. The monoisotopic (exact) mass is 241 g/mol. The van der Waals surface area contributed by atoms with E-state index >= 15 is 0 Å². The molecule has 18 heavy (non-hydrogen) atoms. The van der Waals surface area contributed by atoms with Gasteiger partial charge in [0.15, 0.2) is 0 Å². The van der Waals surface area contributed by atoms with E-state index in [9.17, 15) is 10.1 Å². The molecule has 2 aromatic rings. The van der Waals surface area contributed by atoms with Crippen molar-refractivity contribution in [2.45, 2.75) is 5.92 Å². The second-order valence-electron chi connectivity index (χ2n) is 4.25. The van der Waals surface area contributed by atoms with Crippen molar-refractivity contribution in [3.63, 3.8) is 0 Å². The standard InChI is InChI=1S/C14H11NO3/c16-15(17)9-12-10-5-1-3-7-13(10)18-14-8-4-2-6-11(12)14/h1-8,12H,9H2. The Kier molecular flexibility index (Phi) is 2.48. The zero-order valence-corrected chi connectivity index (χ0v) is 9.58. The van der Waals surface area contributed by atoms with Gasteiger partial charge in [0, 0.05) is 16.1 Å². The van der Waals surface area contributed by atoms with Crippen LogP contribution in [0, 0.1) is 10.1 Å². The summed E-state index contributed by atoms with van der Waals surface area (Å²) in [5.74, 6) is 1.19. The Morgan fingerprint density at radius 2 is 1.50 bits per heavy atom. The molecule has 0 spiro atoms. The Morgan fingerprint density at radius 3 is 2.00 bits per heavy atom. The first-order valence-corrected chi connectivity index (χ1v) is 5.73. The van der Waals surface area contributed by atoms with Gasteiger partial charge in [-0.1, -0.05) is 36.4 Å². The largest absolute Gasteiger partial charge is 0.457 e. The molecule has 0 atom stereocenters. The maximum absolute atomic E-state index is 10.9. The lowest BCUT2D eigenvalue weighted by atomic mass is 9.88. The van der Waals surface area contributed by atoms with Crippen LogP contribution in [0.4, 0.5) is 0 Å². The molecule has 0 fully saturated rings. The summed E-state index contributed by atoms with van der Waals surface area (Å²) in [5, 5.41) is 10.9. The summed E-state index contributed by atoms with van der Waals surface area (Å²) in [5.41, 5.74) is 1.76. The van der Waals surface area contributed by atoms with Gasteiger partial charge in [0.2, 0.25) is 6.54 Å². The van der Waals surface area contributed by atoms with Crippen LogP contribution >= 0.6 is 0 Å². The number of nitrogens with zero attached hydrogens (tertiary/aromatic N) is 1. The van der Waals surface area contributed by atoms with Gasteiger partial charge in [-0.15, -0.1) is 0 Å². The van der Waals surface area contributed by atoms with Gasteiger partial charge in [-0.25, -0.2) is 0 Å². The quantitative estimate of drug-likeness (QED) is 0.599. The molecule has 90 valence electrons. The second kappa shape index (κ2) is 4.14. The minimum atomic E-state index is -0.274. The van der Waals surface area contributed by atoms with E-state index in [-0.39, 0.29) is 17.4 Å². The summed E-state index contributed by atoms with van der Waals surface area (Å²) in [7, 11) is 0. The summed E-state index contributed by atoms with van der Waals surface area (Å²) >= 11 is 0. The zero-order chi connectivity index (χ0) is 12.5. The Morgan fingerprint density at radius 1 is 1.00 bits per heavy atom. The van der Waals surface area contributed by atoms with E-state index in [0.717, 1.165) is 11.1 Å². The van der Waals surface area contributed by atoms with Gasteiger partial charge in [0.25, 0.3) is 0 Å². The molecule has 0 radical (unpaired) electrons. The molecule has 0 saturated heterocycles. The van der Waals surface area contributed by atoms with Crippen LogP contribution in [0.3, 0.4) is 0 Å². The molecule has 0 aliphatic carbocycles. The number of rotatable bonds is 2. The van der Waals surface area contributed by atoms with E-state index < -0.39 is 0 Å². The number of fused-ring (bicyclic) bond motifs is 2. The molecule has 1 heterocycles. The van der Waals surface area contributed by atoms with E-state index in [0.29, 0.717) is 11.5 Å². The van der Waals surface area contributed by atoms with Crippen LogP contribution in [-0.2, 0) is 0 Å². The number of hydrogen-bond donors (Lipinski definition) is 0. The first-order chi connectivity index (χ1) is 8.75. The predicted octanol–water partition coefficient (Wildman–Crippen LogP) is 3.20. The smallest absolute Gasteiger partial charge is 0.214 e. The van der Waals surface area contributed by atoms with E-state index in [1.165, 1.54) is 0 Å². The highest BCUT2D eigenvalue weighted by molar-refractivity contribution is 5.53. The minimum Gasteiger partial charge on any atom is -0.457 e. The van der Waals surface area contributed by atoms with Crippen molar-refractivity contribution >= 4 is 0 Å². The van der Waals surface area contributed by atoms with E-state index in [1.807, 2.05) is 48.5 Å². The fraction of sp³-hybridized carbons (Fsp3) is 0.143. The first kappa shape index (κ1) is 10.8. The molecule has 0 amide bonds. The van der Waals surface area contributed by atoms with E-state index in [4.69, 9.17) is 4.74 Å². The molecular weight excluding hydrogens is 230 g/mol. The van der Waals surface area contributed by atoms with Crippen molar-refractivity contribution in [1.82, 2.24) is 0 Å². The molecule has 4 nitrogen and oxygen atoms in total. The van der Waals surface area contributed by atoms with Crippen molar-refractivity contribution in [3.05, 3.63) is 69.8 Å². The molecule has 1 aliphatic heterocycles. The molecule has 2 aromatic carbocycles. The fourth-order valence-corrected chi connectivity index (χ4v) is 2.35. The molecule has 0 bridgehead atoms. The third-order valence-electron chi connectivity index (χ3n) is 3.14. The number of para-hydroxylation sites is 2. The van der Waals surface area contributed by atoms with Gasteiger partial charge in [0.05, 0.1) is 5.92 Å². The molecule has 1 aliphatic rings. The van der Waals surface area contributed by atoms with Crippen LogP contribution in [0.15, 0.2) is 48.5 Å². The number of hydrogen-bond acceptors (Lipinski definition) is 3. The van der Waals surface area contributed by atoms with E-state index in [2.05, 4.69) is 0 Å². The van der Waals surface area contributed by atoms with Crippen LogP contribution < -0.4 is 4.74 Å². The van der Waals surface area contributed by atoms with Crippen LogP contribution in [0.2, 0.25) is 0 Å². The van der Waals surface area contributed by atoms with Crippen molar-refractivity contribution in [1.29, 1.82) is 0 Å². The van der Waals surface area contributed by atoms with Gasteiger partial charge in [0.1, 0.15) is 11.5 Å². The average molecular weight is 241 g/mol.